The lowest BCUT2D eigenvalue weighted by atomic mass is 9.67. The molecule has 1 aromatic rings. The average Bonchev–Trinajstić information content (AvgIpc) is 2.49. The Bertz CT molecular complexity index is 474. The van der Waals surface area contributed by atoms with Crippen LogP contribution >= 0.6 is 0 Å². The van der Waals surface area contributed by atoms with Gasteiger partial charge in [-0.3, -0.25) is 0 Å². The zero-order valence-corrected chi connectivity index (χ0v) is 13.0. The maximum absolute atomic E-state index is 5.67. The van der Waals surface area contributed by atoms with Crippen molar-refractivity contribution in [2.45, 2.75) is 39.2 Å². The van der Waals surface area contributed by atoms with Crippen LogP contribution in [0.5, 0.6) is 17.2 Å². The first-order valence-corrected chi connectivity index (χ1v) is 7.93. The molecule has 1 aliphatic heterocycles. The van der Waals surface area contributed by atoms with Crippen molar-refractivity contribution in [3.8, 4) is 17.2 Å². The first-order chi connectivity index (χ1) is 10.3. The Labute approximate surface area is 126 Å². The topological polar surface area (TPSA) is 39.7 Å². The fourth-order valence-corrected chi connectivity index (χ4v) is 3.23. The predicted molar refractivity (Wildman–Crippen MR) is 82.3 cm³/mol. The summed E-state index contributed by atoms with van der Waals surface area (Å²) in [7, 11) is 1.67. The number of methoxy groups -OCH3 is 1. The van der Waals surface area contributed by atoms with E-state index >= 15 is 0 Å². The monoisotopic (exact) mass is 291 g/mol. The first kappa shape index (κ1) is 14.5. The van der Waals surface area contributed by atoms with Crippen LogP contribution in [0.15, 0.2) is 12.1 Å². The molecule has 2 aliphatic rings. The lowest BCUT2D eigenvalue weighted by Gasteiger charge is -2.41. The van der Waals surface area contributed by atoms with Gasteiger partial charge in [0, 0.05) is 13.1 Å². The zero-order valence-electron chi connectivity index (χ0n) is 13.0. The van der Waals surface area contributed by atoms with Crippen molar-refractivity contribution >= 4 is 0 Å². The van der Waals surface area contributed by atoms with Gasteiger partial charge in [0.1, 0.15) is 13.2 Å². The van der Waals surface area contributed by atoms with E-state index in [1.165, 1.54) is 31.2 Å². The Morgan fingerprint density at radius 3 is 2.71 bits per heavy atom. The molecule has 4 nitrogen and oxygen atoms in total. The number of hydrogen-bond acceptors (Lipinski definition) is 4. The summed E-state index contributed by atoms with van der Waals surface area (Å²) in [4.78, 5) is 0. The van der Waals surface area contributed by atoms with Crippen molar-refractivity contribution in [1.82, 2.24) is 5.32 Å². The van der Waals surface area contributed by atoms with Gasteiger partial charge in [0.25, 0.3) is 0 Å². The molecular formula is C17H25NO3. The molecule has 0 aromatic heterocycles. The van der Waals surface area contributed by atoms with Crippen LogP contribution < -0.4 is 19.5 Å². The van der Waals surface area contributed by atoms with Crippen LogP contribution in [0.2, 0.25) is 0 Å². The fraction of sp³-hybridized carbons (Fsp3) is 0.647. The molecule has 1 aromatic carbocycles. The molecule has 1 aliphatic carbocycles. The van der Waals surface area contributed by atoms with Gasteiger partial charge in [-0.05, 0) is 42.4 Å². The Balaban J connectivity index is 1.65. The highest BCUT2D eigenvalue weighted by Gasteiger charge is 2.34. The molecule has 0 amide bonds. The van der Waals surface area contributed by atoms with Crippen LogP contribution in [0.1, 0.15) is 38.2 Å². The number of ether oxygens (including phenoxy) is 3. The van der Waals surface area contributed by atoms with Crippen LogP contribution in [0.3, 0.4) is 0 Å². The smallest absolute Gasteiger partial charge is 0.203 e. The Morgan fingerprint density at radius 2 is 2.05 bits per heavy atom. The number of rotatable bonds is 6. The third-order valence-corrected chi connectivity index (χ3v) is 4.88. The normalized spacial score (nSPS) is 19.0. The van der Waals surface area contributed by atoms with E-state index in [1.54, 1.807) is 7.11 Å². The largest absolute Gasteiger partial charge is 0.493 e. The van der Waals surface area contributed by atoms with E-state index in [0.29, 0.717) is 18.6 Å². The second-order valence-corrected chi connectivity index (χ2v) is 6.13. The molecule has 4 heteroatoms. The lowest BCUT2D eigenvalue weighted by Crippen LogP contribution is -2.39. The molecule has 1 saturated carbocycles. The summed E-state index contributed by atoms with van der Waals surface area (Å²) in [6.07, 6.45) is 5.37. The number of nitrogens with one attached hydrogen (secondary N) is 1. The Morgan fingerprint density at radius 1 is 1.24 bits per heavy atom. The summed E-state index contributed by atoms with van der Waals surface area (Å²) in [5, 5.41) is 3.60. The second kappa shape index (κ2) is 6.14. The van der Waals surface area contributed by atoms with Crippen molar-refractivity contribution in [3.05, 3.63) is 17.7 Å². The van der Waals surface area contributed by atoms with Gasteiger partial charge in [-0.25, -0.2) is 0 Å². The van der Waals surface area contributed by atoms with Crippen LogP contribution in [-0.4, -0.2) is 26.9 Å². The van der Waals surface area contributed by atoms with E-state index in [0.717, 1.165) is 30.3 Å². The van der Waals surface area contributed by atoms with Crippen LogP contribution in [0.4, 0.5) is 0 Å². The van der Waals surface area contributed by atoms with E-state index in [-0.39, 0.29) is 0 Å². The van der Waals surface area contributed by atoms with Crippen molar-refractivity contribution < 1.29 is 14.2 Å². The van der Waals surface area contributed by atoms with E-state index < -0.39 is 0 Å². The summed E-state index contributed by atoms with van der Waals surface area (Å²) in [6, 6.07) is 4.10. The third-order valence-electron chi connectivity index (χ3n) is 4.88. The molecule has 0 radical (unpaired) electrons. The molecule has 0 saturated heterocycles. The van der Waals surface area contributed by atoms with Gasteiger partial charge >= 0.3 is 0 Å². The first-order valence-electron chi connectivity index (χ1n) is 7.93. The van der Waals surface area contributed by atoms with Gasteiger partial charge in [-0.1, -0.05) is 13.3 Å². The highest BCUT2D eigenvalue weighted by Crippen LogP contribution is 2.43. The second-order valence-electron chi connectivity index (χ2n) is 6.13. The molecule has 0 bridgehead atoms. The SMILES string of the molecule is CCC1(CNCc2cc(OC)c3c(c2)OCCO3)CCC1. The fourth-order valence-electron chi connectivity index (χ4n) is 3.23. The maximum atomic E-state index is 5.67. The maximum Gasteiger partial charge on any atom is 0.203 e. The standard InChI is InChI=1S/C17H25NO3/c1-3-17(5-4-6-17)12-18-11-13-9-14(19-2)16-15(10-13)20-7-8-21-16/h9-10,18H,3-8,11-12H2,1-2H3. The zero-order chi connectivity index (χ0) is 14.7. The van der Waals surface area contributed by atoms with E-state index in [4.69, 9.17) is 14.2 Å². The van der Waals surface area contributed by atoms with Gasteiger partial charge < -0.3 is 19.5 Å². The summed E-state index contributed by atoms with van der Waals surface area (Å²) in [5.74, 6) is 2.29. The van der Waals surface area contributed by atoms with Gasteiger partial charge in [0.15, 0.2) is 11.5 Å². The van der Waals surface area contributed by atoms with Crippen LogP contribution in [0.25, 0.3) is 0 Å². The van der Waals surface area contributed by atoms with Crippen LogP contribution in [0, 0.1) is 5.41 Å². The molecule has 21 heavy (non-hydrogen) atoms. The molecule has 116 valence electrons. The molecule has 0 unspecified atom stereocenters. The minimum atomic E-state index is 0.540. The summed E-state index contributed by atoms with van der Waals surface area (Å²) in [6.45, 7) is 5.43. The van der Waals surface area contributed by atoms with E-state index in [9.17, 15) is 0 Å². The average molecular weight is 291 g/mol. The number of hydrogen-bond donors (Lipinski definition) is 1. The van der Waals surface area contributed by atoms with Crippen molar-refractivity contribution in [2.75, 3.05) is 26.9 Å². The molecule has 3 rings (SSSR count). The highest BCUT2D eigenvalue weighted by atomic mass is 16.6. The number of benzene rings is 1. The Hall–Kier alpha value is -1.42. The highest BCUT2D eigenvalue weighted by molar-refractivity contribution is 5.54. The van der Waals surface area contributed by atoms with Gasteiger partial charge in [-0.15, -0.1) is 0 Å². The van der Waals surface area contributed by atoms with Gasteiger partial charge in [0.2, 0.25) is 5.75 Å². The quantitative estimate of drug-likeness (QED) is 0.874. The third kappa shape index (κ3) is 2.95. The molecule has 1 fully saturated rings. The summed E-state index contributed by atoms with van der Waals surface area (Å²) >= 11 is 0. The molecule has 1 N–H and O–H groups in total. The van der Waals surface area contributed by atoms with Crippen molar-refractivity contribution in [2.24, 2.45) is 5.41 Å². The molecule has 0 atom stereocenters. The van der Waals surface area contributed by atoms with Crippen molar-refractivity contribution in [1.29, 1.82) is 0 Å². The minimum Gasteiger partial charge on any atom is -0.493 e. The number of fused-ring (bicyclic) bond motifs is 1. The van der Waals surface area contributed by atoms with E-state index in [2.05, 4.69) is 18.3 Å². The summed E-state index contributed by atoms with van der Waals surface area (Å²) < 4.78 is 16.7. The predicted octanol–water partition coefficient (Wildman–Crippen LogP) is 3.14. The molecule has 1 heterocycles. The van der Waals surface area contributed by atoms with Gasteiger partial charge in [0.05, 0.1) is 7.11 Å². The molecular weight excluding hydrogens is 266 g/mol. The van der Waals surface area contributed by atoms with Gasteiger partial charge in [-0.2, -0.15) is 0 Å². The minimum absolute atomic E-state index is 0.540. The van der Waals surface area contributed by atoms with Crippen LogP contribution in [-0.2, 0) is 6.54 Å². The van der Waals surface area contributed by atoms with E-state index in [1.807, 2.05) is 6.07 Å². The molecule has 0 spiro atoms. The Kier molecular flexibility index (Phi) is 4.24. The van der Waals surface area contributed by atoms with Crippen molar-refractivity contribution in [3.63, 3.8) is 0 Å². The lowest BCUT2D eigenvalue weighted by molar-refractivity contribution is 0.123. The summed E-state index contributed by atoms with van der Waals surface area (Å²) in [5.41, 5.74) is 1.72.